The standard InChI is InChI=1S/C8H6ClFO3/c9-6-3-5(10)1-4(8(6)13)2-7(11)12/h1,3,13H,2H2,(H,11,12). The van der Waals surface area contributed by atoms with Crippen LogP contribution in [0, 0.1) is 5.82 Å². The molecule has 0 aliphatic heterocycles. The molecule has 0 amide bonds. The monoisotopic (exact) mass is 204 g/mol. The number of carbonyl (C=O) groups is 1. The molecule has 0 radical (unpaired) electrons. The van der Waals surface area contributed by atoms with E-state index in [4.69, 9.17) is 16.7 Å². The van der Waals surface area contributed by atoms with Crippen LogP contribution >= 0.6 is 11.6 Å². The maximum absolute atomic E-state index is 12.7. The van der Waals surface area contributed by atoms with Crippen LogP contribution in [0.4, 0.5) is 4.39 Å². The van der Waals surface area contributed by atoms with Crippen molar-refractivity contribution >= 4 is 17.6 Å². The number of phenolic OH excluding ortho intramolecular Hbond substituents is 1. The highest BCUT2D eigenvalue weighted by Crippen LogP contribution is 2.28. The lowest BCUT2D eigenvalue weighted by molar-refractivity contribution is -0.136. The lowest BCUT2D eigenvalue weighted by Gasteiger charge is -2.03. The number of carboxylic acids is 1. The largest absolute Gasteiger partial charge is 0.506 e. The van der Waals surface area contributed by atoms with Gasteiger partial charge in [0.05, 0.1) is 11.4 Å². The first-order valence-corrected chi connectivity index (χ1v) is 3.77. The minimum atomic E-state index is -1.16. The van der Waals surface area contributed by atoms with Crippen molar-refractivity contribution < 1.29 is 19.4 Å². The van der Waals surface area contributed by atoms with Gasteiger partial charge in [0.1, 0.15) is 11.6 Å². The summed E-state index contributed by atoms with van der Waals surface area (Å²) < 4.78 is 12.7. The first-order chi connectivity index (χ1) is 6.00. The molecular formula is C8H6ClFO3. The fraction of sp³-hybridized carbons (Fsp3) is 0.125. The smallest absolute Gasteiger partial charge is 0.307 e. The predicted molar refractivity (Wildman–Crippen MR) is 44.4 cm³/mol. The van der Waals surface area contributed by atoms with Crippen molar-refractivity contribution in [3.8, 4) is 5.75 Å². The summed E-state index contributed by atoms with van der Waals surface area (Å²) in [5.74, 6) is -2.21. The average Bonchev–Trinajstić information content (AvgIpc) is 1.98. The predicted octanol–water partition coefficient (Wildman–Crippen LogP) is 1.81. The summed E-state index contributed by atoms with van der Waals surface area (Å²) in [5, 5.41) is 17.4. The number of phenols is 1. The molecule has 1 aromatic carbocycles. The van der Waals surface area contributed by atoms with E-state index in [-0.39, 0.29) is 16.3 Å². The Bertz CT molecular complexity index is 351. The minimum Gasteiger partial charge on any atom is -0.506 e. The maximum atomic E-state index is 12.7. The van der Waals surface area contributed by atoms with Gasteiger partial charge in [0.15, 0.2) is 0 Å². The summed E-state index contributed by atoms with van der Waals surface area (Å²) >= 11 is 5.42. The topological polar surface area (TPSA) is 57.5 Å². The summed E-state index contributed by atoms with van der Waals surface area (Å²) in [4.78, 5) is 10.3. The van der Waals surface area contributed by atoms with Gasteiger partial charge >= 0.3 is 5.97 Å². The molecule has 0 aliphatic rings. The van der Waals surface area contributed by atoms with Crippen LogP contribution in [-0.2, 0) is 11.2 Å². The second-order valence-electron chi connectivity index (χ2n) is 2.47. The van der Waals surface area contributed by atoms with E-state index in [1.165, 1.54) is 0 Å². The van der Waals surface area contributed by atoms with Gasteiger partial charge in [-0.1, -0.05) is 11.6 Å². The minimum absolute atomic E-state index is 0.0301. The van der Waals surface area contributed by atoms with Crippen LogP contribution < -0.4 is 0 Å². The highest BCUT2D eigenvalue weighted by molar-refractivity contribution is 6.32. The number of halogens is 2. The molecule has 0 spiro atoms. The molecule has 1 rings (SSSR count). The second kappa shape index (κ2) is 3.62. The summed E-state index contributed by atoms with van der Waals surface area (Å²) in [7, 11) is 0. The molecule has 0 aliphatic carbocycles. The SMILES string of the molecule is O=C(O)Cc1cc(F)cc(Cl)c1O. The quantitative estimate of drug-likeness (QED) is 0.773. The van der Waals surface area contributed by atoms with E-state index in [1.54, 1.807) is 0 Å². The van der Waals surface area contributed by atoms with Crippen molar-refractivity contribution in [2.75, 3.05) is 0 Å². The Kier molecular flexibility index (Phi) is 2.72. The average molecular weight is 205 g/mol. The van der Waals surface area contributed by atoms with Gasteiger partial charge in [-0.15, -0.1) is 0 Å². The molecule has 0 aromatic heterocycles. The second-order valence-corrected chi connectivity index (χ2v) is 2.87. The van der Waals surface area contributed by atoms with E-state index in [2.05, 4.69) is 0 Å². The van der Waals surface area contributed by atoms with Crippen LogP contribution in [0.5, 0.6) is 5.75 Å². The third kappa shape index (κ3) is 2.32. The molecule has 1 aromatic rings. The van der Waals surface area contributed by atoms with Crippen LogP contribution in [0.3, 0.4) is 0 Å². The van der Waals surface area contributed by atoms with Gasteiger partial charge in [-0.3, -0.25) is 4.79 Å². The molecule has 5 heteroatoms. The Labute approximate surface area is 78.4 Å². The van der Waals surface area contributed by atoms with Gasteiger partial charge in [-0.2, -0.15) is 0 Å². The zero-order chi connectivity index (χ0) is 10.0. The molecule has 0 atom stereocenters. The Hall–Kier alpha value is -1.29. The van der Waals surface area contributed by atoms with Gasteiger partial charge in [0.2, 0.25) is 0 Å². The Morgan fingerprint density at radius 3 is 2.69 bits per heavy atom. The Balaban J connectivity index is 3.12. The van der Waals surface area contributed by atoms with E-state index < -0.39 is 18.2 Å². The third-order valence-corrected chi connectivity index (χ3v) is 1.74. The molecule has 0 bridgehead atoms. The van der Waals surface area contributed by atoms with E-state index in [0.29, 0.717) is 0 Å². The number of aromatic hydroxyl groups is 1. The zero-order valence-corrected chi connectivity index (χ0v) is 7.18. The molecule has 0 fully saturated rings. The van der Waals surface area contributed by atoms with Gasteiger partial charge in [-0.25, -0.2) is 4.39 Å². The van der Waals surface area contributed by atoms with Crippen LogP contribution in [0.1, 0.15) is 5.56 Å². The molecule has 2 N–H and O–H groups in total. The van der Waals surface area contributed by atoms with Crippen molar-refractivity contribution in [2.24, 2.45) is 0 Å². The number of rotatable bonds is 2. The van der Waals surface area contributed by atoms with Crippen molar-refractivity contribution in [1.29, 1.82) is 0 Å². The Morgan fingerprint density at radius 2 is 2.15 bits per heavy atom. The Morgan fingerprint density at radius 1 is 1.54 bits per heavy atom. The number of hydrogen-bond acceptors (Lipinski definition) is 2. The molecule has 3 nitrogen and oxygen atoms in total. The van der Waals surface area contributed by atoms with Crippen LogP contribution in [0.15, 0.2) is 12.1 Å². The summed E-state index contributed by atoms with van der Waals surface area (Å²) in [6.07, 6.45) is -0.455. The van der Waals surface area contributed by atoms with Crippen molar-refractivity contribution in [3.05, 3.63) is 28.5 Å². The van der Waals surface area contributed by atoms with Crippen molar-refractivity contribution in [3.63, 3.8) is 0 Å². The van der Waals surface area contributed by atoms with Gasteiger partial charge < -0.3 is 10.2 Å². The van der Waals surface area contributed by atoms with Crippen LogP contribution in [0.2, 0.25) is 5.02 Å². The highest BCUT2D eigenvalue weighted by Gasteiger charge is 2.11. The number of benzene rings is 1. The molecule has 0 heterocycles. The fourth-order valence-electron chi connectivity index (χ4n) is 0.917. The van der Waals surface area contributed by atoms with Crippen LogP contribution in [0.25, 0.3) is 0 Å². The van der Waals surface area contributed by atoms with Crippen molar-refractivity contribution in [1.82, 2.24) is 0 Å². The van der Waals surface area contributed by atoms with E-state index in [9.17, 15) is 14.3 Å². The highest BCUT2D eigenvalue weighted by atomic mass is 35.5. The summed E-state index contributed by atoms with van der Waals surface area (Å²) in [5.41, 5.74) is -0.0301. The normalized spacial score (nSPS) is 10.0. The van der Waals surface area contributed by atoms with Crippen molar-refractivity contribution in [2.45, 2.75) is 6.42 Å². The summed E-state index contributed by atoms with van der Waals surface area (Å²) in [6, 6.07) is 1.86. The molecule has 0 saturated carbocycles. The van der Waals surface area contributed by atoms with E-state index in [0.717, 1.165) is 12.1 Å². The lowest BCUT2D eigenvalue weighted by atomic mass is 10.1. The molecule has 70 valence electrons. The summed E-state index contributed by atoms with van der Waals surface area (Å²) in [6.45, 7) is 0. The van der Waals surface area contributed by atoms with Gasteiger partial charge in [-0.05, 0) is 12.1 Å². The first-order valence-electron chi connectivity index (χ1n) is 3.39. The van der Waals surface area contributed by atoms with Gasteiger partial charge in [0.25, 0.3) is 0 Å². The molecule has 0 saturated heterocycles. The molecule has 13 heavy (non-hydrogen) atoms. The third-order valence-electron chi connectivity index (χ3n) is 1.45. The van der Waals surface area contributed by atoms with E-state index in [1.807, 2.05) is 0 Å². The maximum Gasteiger partial charge on any atom is 0.307 e. The zero-order valence-electron chi connectivity index (χ0n) is 6.42. The van der Waals surface area contributed by atoms with E-state index >= 15 is 0 Å². The lowest BCUT2D eigenvalue weighted by Crippen LogP contribution is -2.00. The molecule has 0 unspecified atom stereocenters. The number of hydrogen-bond donors (Lipinski definition) is 2. The van der Waals surface area contributed by atoms with Gasteiger partial charge in [0, 0.05) is 5.56 Å². The number of carboxylic acid groups (broad SMARTS) is 1. The van der Waals surface area contributed by atoms with Crippen LogP contribution in [-0.4, -0.2) is 16.2 Å². The first kappa shape index (κ1) is 9.80. The fourth-order valence-corrected chi connectivity index (χ4v) is 1.14. The molecular weight excluding hydrogens is 199 g/mol. The number of aliphatic carboxylic acids is 1.